The van der Waals surface area contributed by atoms with Crippen LogP contribution in [0.15, 0.2) is 36.6 Å². The maximum absolute atomic E-state index is 13.8. The lowest BCUT2D eigenvalue weighted by molar-refractivity contribution is -0.163. The van der Waals surface area contributed by atoms with Gasteiger partial charge >= 0.3 is 12.1 Å². The van der Waals surface area contributed by atoms with E-state index in [4.69, 9.17) is 13.9 Å². The summed E-state index contributed by atoms with van der Waals surface area (Å²) < 4.78 is 17.6. The molecular weight excluding hydrogens is 569 g/mol. The molecule has 0 spiro atoms. The topological polar surface area (TPSA) is 85.4 Å². The van der Waals surface area contributed by atoms with Crippen LogP contribution in [0.25, 0.3) is 0 Å². The molecule has 42 heavy (non-hydrogen) atoms. The minimum absolute atomic E-state index is 0.0234. The van der Waals surface area contributed by atoms with E-state index >= 15 is 0 Å². The van der Waals surface area contributed by atoms with Crippen molar-refractivity contribution in [1.29, 1.82) is 0 Å². The number of carbonyl (C=O) groups is 3. The third-order valence-corrected chi connectivity index (χ3v) is 15.7. The average Bonchev–Trinajstić information content (AvgIpc) is 3.50. The summed E-state index contributed by atoms with van der Waals surface area (Å²) in [6.07, 6.45) is 7.58. The maximum atomic E-state index is 13.8. The molecule has 0 aromatic carbocycles. The van der Waals surface area contributed by atoms with Gasteiger partial charge in [-0.3, -0.25) is 4.79 Å². The van der Waals surface area contributed by atoms with Gasteiger partial charge in [-0.1, -0.05) is 52.5 Å². The Kier molecular flexibility index (Phi) is 10.4. The van der Waals surface area contributed by atoms with E-state index in [9.17, 15) is 14.4 Å². The van der Waals surface area contributed by atoms with Crippen LogP contribution in [0.2, 0.25) is 18.1 Å². The number of nitrogens with zero attached hydrogens (tertiary/aromatic N) is 2. The van der Waals surface area contributed by atoms with Crippen molar-refractivity contribution in [1.82, 2.24) is 9.80 Å². The van der Waals surface area contributed by atoms with E-state index in [1.165, 1.54) is 0 Å². The van der Waals surface area contributed by atoms with Crippen LogP contribution in [0.3, 0.4) is 0 Å². The maximum Gasteiger partial charge on any atom is 0.410 e. The summed E-state index contributed by atoms with van der Waals surface area (Å²) in [7, 11) is -2.08. The summed E-state index contributed by atoms with van der Waals surface area (Å²) in [6, 6.07) is 0.0804. The van der Waals surface area contributed by atoms with Gasteiger partial charge in [-0.15, -0.1) is 0 Å². The summed E-state index contributed by atoms with van der Waals surface area (Å²) in [5, 5.41) is 0.0386. The lowest BCUT2D eigenvalue weighted by atomic mass is 9.70. The van der Waals surface area contributed by atoms with Gasteiger partial charge in [-0.05, 0) is 62.2 Å². The molecule has 0 radical (unpaired) electrons. The van der Waals surface area contributed by atoms with Gasteiger partial charge in [0.1, 0.15) is 18.9 Å². The summed E-state index contributed by atoms with van der Waals surface area (Å²) in [5.41, 5.74) is 1.56. The predicted octanol–water partition coefficient (Wildman–Crippen LogP) is 6.16. The molecule has 0 bridgehead atoms. The number of β-lactam (4-membered cyclic amide) rings is 1. The number of ether oxygens (including phenoxy) is 2. The number of fused-ring (bicyclic) bond motifs is 3. The highest BCUT2D eigenvalue weighted by atomic mass is 32.2. The van der Waals surface area contributed by atoms with Crippen molar-refractivity contribution in [3.63, 3.8) is 0 Å². The van der Waals surface area contributed by atoms with E-state index in [1.807, 2.05) is 23.6 Å². The highest BCUT2D eigenvalue weighted by molar-refractivity contribution is 7.99. The van der Waals surface area contributed by atoms with Crippen LogP contribution in [0.5, 0.6) is 0 Å². The molecule has 0 unspecified atom stereocenters. The third-order valence-electron chi connectivity index (χ3n) is 9.91. The summed E-state index contributed by atoms with van der Waals surface area (Å²) >= 11 is 1.83. The van der Waals surface area contributed by atoms with E-state index < -0.39 is 14.3 Å². The zero-order chi connectivity index (χ0) is 30.8. The Balaban J connectivity index is 1.51. The minimum atomic E-state index is -2.08. The van der Waals surface area contributed by atoms with Gasteiger partial charge in [0.05, 0.1) is 18.1 Å². The number of rotatable bonds is 12. The molecule has 234 valence electrons. The lowest BCUT2D eigenvalue weighted by Crippen LogP contribution is -2.65. The second-order valence-corrected chi connectivity index (χ2v) is 19.5. The molecule has 0 aromatic heterocycles. The monoisotopic (exact) mass is 618 g/mol. The van der Waals surface area contributed by atoms with Crippen LogP contribution in [0.1, 0.15) is 59.8 Å². The van der Waals surface area contributed by atoms with Gasteiger partial charge in [0, 0.05) is 30.0 Å². The van der Waals surface area contributed by atoms with Crippen molar-refractivity contribution in [2.24, 2.45) is 17.8 Å². The molecule has 0 N–H and O–H groups in total. The first-order valence-corrected chi connectivity index (χ1v) is 19.5. The second kappa shape index (κ2) is 13.3. The van der Waals surface area contributed by atoms with Gasteiger partial charge < -0.3 is 23.7 Å². The smallest absolute Gasteiger partial charge is 0.410 e. The Hall–Kier alpha value is -2.04. The van der Waals surface area contributed by atoms with Crippen molar-refractivity contribution < 1.29 is 28.3 Å². The van der Waals surface area contributed by atoms with Gasteiger partial charge in [-0.25, -0.2) is 9.59 Å². The lowest BCUT2D eigenvalue weighted by Gasteiger charge is -2.51. The first kappa shape index (κ1) is 32.9. The van der Waals surface area contributed by atoms with Crippen molar-refractivity contribution in [2.45, 2.75) is 96.1 Å². The molecule has 3 heterocycles. The molecule has 8 nitrogen and oxygen atoms in total. The Morgan fingerprint density at radius 2 is 1.76 bits per heavy atom. The Morgan fingerprint density at radius 3 is 2.43 bits per heavy atom. The molecule has 2 saturated heterocycles. The molecule has 3 aliphatic heterocycles. The second-order valence-electron chi connectivity index (χ2n) is 13.6. The normalized spacial score (nSPS) is 28.1. The number of amides is 2. The fourth-order valence-electron chi connectivity index (χ4n) is 6.88. The number of hydrogen-bond acceptors (Lipinski definition) is 7. The van der Waals surface area contributed by atoms with E-state index in [-0.39, 0.29) is 66.2 Å². The fraction of sp³-hybridized carbons (Fsp3) is 0.719. The number of esters is 1. The SMILES string of the molecule is C=CCOC(=O)C1=C2[C@@H](CSC[C@@H]3CCCN3C(=O)OCC=C)CCC[C@@H]2[C@@H]2[C@@H]([C@@H](C)O[Si](C)(C)C(C)(C)C)C(=O)N12. The molecular formula is C32H50N2O6SSi. The standard InChI is InChI=1S/C32H50N2O6SSi/c1-9-17-38-30(36)28-26-22(19-41-20-23-14-12-16-33(23)31(37)39-18-10-2)13-11-15-24(26)27-25(29(35)34(27)28)21(3)40-42(7,8)32(4,5)6/h9-10,21-25,27H,1-2,11-20H2,3-8H3/t21-,22-,23+,24+,25-,27-/m1/s1. The quantitative estimate of drug-likeness (QED) is 0.112. The van der Waals surface area contributed by atoms with Crippen molar-refractivity contribution in [2.75, 3.05) is 31.3 Å². The van der Waals surface area contributed by atoms with Crippen LogP contribution in [-0.2, 0) is 23.5 Å². The Morgan fingerprint density at radius 1 is 1.07 bits per heavy atom. The fourth-order valence-corrected chi connectivity index (χ4v) is 9.69. The summed E-state index contributed by atoms with van der Waals surface area (Å²) in [5.74, 6) is 1.27. The molecule has 2 amide bonds. The highest BCUT2D eigenvalue weighted by Gasteiger charge is 2.63. The van der Waals surface area contributed by atoms with Crippen LogP contribution in [-0.4, -0.2) is 85.5 Å². The van der Waals surface area contributed by atoms with Gasteiger partial charge in [0.25, 0.3) is 0 Å². The van der Waals surface area contributed by atoms with Crippen LogP contribution >= 0.6 is 11.8 Å². The molecule has 0 aromatic rings. The molecule has 3 fully saturated rings. The first-order chi connectivity index (χ1) is 19.8. The predicted molar refractivity (Wildman–Crippen MR) is 169 cm³/mol. The number of thioether (sulfide) groups is 1. The van der Waals surface area contributed by atoms with E-state index in [0.717, 1.165) is 49.2 Å². The third kappa shape index (κ3) is 6.41. The van der Waals surface area contributed by atoms with Crippen molar-refractivity contribution in [3.8, 4) is 0 Å². The number of carbonyl (C=O) groups excluding carboxylic acids is 3. The van der Waals surface area contributed by atoms with Crippen molar-refractivity contribution >= 4 is 38.0 Å². The molecule has 1 saturated carbocycles. The van der Waals surface area contributed by atoms with E-state index in [2.05, 4.69) is 47.0 Å². The van der Waals surface area contributed by atoms with Gasteiger partial charge in [0.2, 0.25) is 5.91 Å². The van der Waals surface area contributed by atoms with Gasteiger partial charge in [0.15, 0.2) is 8.32 Å². The minimum Gasteiger partial charge on any atom is -0.457 e. The Bertz CT molecular complexity index is 1100. The molecule has 6 atom stereocenters. The molecule has 10 heteroatoms. The highest BCUT2D eigenvalue weighted by Crippen LogP contribution is 2.55. The zero-order valence-electron chi connectivity index (χ0n) is 26.4. The largest absolute Gasteiger partial charge is 0.457 e. The molecule has 4 rings (SSSR count). The van der Waals surface area contributed by atoms with Crippen LogP contribution in [0, 0.1) is 17.8 Å². The summed E-state index contributed by atoms with van der Waals surface area (Å²) in [6.45, 7) is 21.5. The zero-order valence-corrected chi connectivity index (χ0v) is 28.2. The Labute approximate surface area is 257 Å². The van der Waals surface area contributed by atoms with Gasteiger partial charge in [-0.2, -0.15) is 11.8 Å². The van der Waals surface area contributed by atoms with Crippen LogP contribution < -0.4 is 0 Å². The number of likely N-dealkylation sites (tertiary alicyclic amines) is 1. The number of hydrogen-bond donors (Lipinski definition) is 0. The van der Waals surface area contributed by atoms with Crippen molar-refractivity contribution in [3.05, 3.63) is 36.6 Å². The molecule has 4 aliphatic rings. The van der Waals surface area contributed by atoms with Crippen LogP contribution in [0.4, 0.5) is 4.79 Å². The average molecular weight is 619 g/mol. The van der Waals surface area contributed by atoms with E-state index in [1.54, 1.807) is 17.1 Å². The van der Waals surface area contributed by atoms with E-state index in [0.29, 0.717) is 12.2 Å². The molecule has 1 aliphatic carbocycles. The summed E-state index contributed by atoms with van der Waals surface area (Å²) in [4.78, 5) is 43.3. The first-order valence-electron chi connectivity index (χ1n) is 15.5.